The quantitative estimate of drug-likeness (QED) is 0.367. The number of ether oxygens (including phenoxy) is 2. The Balaban J connectivity index is 1.48. The van der Waals surface area contributed by atoms with Crippen molar-refractivity contribution in [3.63, 3.8) is 0 Å². The van der Waals surface area contributed by atoms with Gasteiger partial charge < -0.3 is 30.5 Å². The second-order valence-corrected chi connectivity index (χ2v) is 7.84. The van der Waals surface area contributed by atoms with Gasteiger partial charge in [0.1, 0.15) is 24.2 Å². The molecule has 2 aromatic carbocycles. The number of aliphatic hydroxyl groups is 1. The largest absolute Gasteiger partial charge is 0.491 e. The van der Waals surface area contributed by atoms with Crippen LogP contribution in [0.25, 0.3) is 0 Å². The fourth-order valence-electron chi connectivity index (χ4n) is 3.56. The summed E-state index contributed by atoms with van der Waals surface area (Å²) in [4.78, 5) is 33.2. The molecule has 3 aromatic rings. The molecule has 7 aliphatic heterocycles. The van der Waals surface area contributed by atoms with E-state index in [1.165, 1.54) is 0 Å². The van der Waals surface area contributed by atoms with E-state index in [0.29, 0.717) is 28.4 Å². The molecular weight excluding hydrogens is 445 g/mol. The molecule has 1 amide bonds. The van der Waals surface area contributed by atoms with Crippen LogP contribution in [0.1, 0.15) is 5.56 Å². The summed E-state index contributed by atoms with van der Waals surface area (Å²) in [5, 5.41) is 18.6. The van der Waals surface area contributed by atoms with Crippen LogP contribution in [0.2, 0.25) is 0 Å². The van der Waals surface area contributed by atoms with E-state index in [1.807, 2.05) is 0 Å². The zero-order chi connectivity index (χ0) is 23.7. The highest BCUT2D eigenvalue weighted by Crippen LogP contribution is 2.30. The summed E-state index contributed by atoms with van der Waals surface area (Å²) < 4.78 is 25.5. The molecule has 8 heterocycles. The lowest BCUT2D eigenvalue weighted by atomic mass is 9.99. The van der Waals surface area contributed by atoms with E-state index in [-0.39, 0.29) is 31.3 Å². The Hall–Kier alpha value is -4.25. The van der Waals surface area contributed by atoms with E-state index < -0.39 is 29.7 Å². The number of anilines is 4. The molecule has 8 bridgehead atoms. The molecule has 10 nitrogen and oxygen atoms in total. The summed E-state index contributed by atoms with van der Waals surface area (Å²) in [6.07, 6.45) is -1.32. The molecule has 0 radical (unpaired) electrons. The summed E-state index contributed by atoms with van der Waals surface area (Å²) in [5.41, 5.74) is 1.67. The van der Waals surface area contributed by atoms with Gasteiger partial charge in [0.05, 0.1) is 6.20 Å². The van der Waals surface area contributed by atoms with Gasteiger partial charge in [-0.15, -0.1) is 0 Å². The van der Waals surface area contributed by atoms with Crippen molar-refractivity contribution < 1.29 is 28.6 Å². The van der Waals surface area contributed by atoms with E-state index in [0.717, 1.165) is 6.20 Å². The standard InChI is InChI=1S/C23H20FN5O5/c24-17-10-26-23-28-13-1-4-16(5-2-13)33-11-15(30)9-25-22(32)20-18(31)8-12-7-14(27-21(17)29-23)3-6-19(12)34-20/h1-7,10,15,20,30H,8-9,11H2,(H,25,32)(H2,26,27,28,29). The maximum absolute atomic E-state index is 14.4. The zero-order valence-electron chi connectivity index (χ0n) is 17.7. The number of carbonyl (C=O) groups excluding carboxylic acids is 2. The van der Waals surface area contributed by atoms with Gasteiger partial charge in [-0.2, -0.15) is 4.98 Å². The Morgan fingerprint density at radius 1 is 1.06 bits per heavy atom. The Kier molecular flexibility index (Phi) is 5.68. The van der Waals surface area contributed by atoms with Gasteiger partial charge in [-0.1, -0.05) is 0 Å². The third kappa shape index (κ3) is 4.59. The topological polar surface area (TPSA) is 135 Å². The summed E-state index contributed by atoms with van der Waals surface area (Å²) >= 11 is 0. The van der Waals surface area contributed by atoms with Crippen molar-refractivity contribution in [1.82, 2.24) is 15.3 Å². The lowest BCUT2D eigenvalue weighted by molar-refractivity contribution is -0.139. The lowest BCUT2D eigenvalue weighted by Crippen LogP contribution is -2.48. The monoisotopic (exact) mass is 465 g/mol. The van der Waals surface area contributed by atoms with Gasteiger partial charge in [0.25, 0.3) is 5.91 Å². The molecular formula is C23H20FN5O5. The van der Waals surface area contributed by atoms with Crippen LogP contribution in [0, 0.1) is 5.82 Å². The summed E-state index contributed by atoms with van der Waals surface area (Å²) in [6.45, 7) is -0.186. The zero-order valence-corrected chi connectivity index (χ0v) is 17.7. The second-order valence-electron chi connectivity index (χ2n) is 7.84. The number of hydrogen-bond acceptors (Lipinski definition) is 9. The molecule has 0 fully saturated rings. The Morgan fingerprint density at radius 3 is 2.68 bits per heavy atom. The average molecular weight is 465 g/mol. The second kappa shape index (κ2) is 8.94. The molecule has 10 rings (SSSR count). The number of halogens is 1. The number of nitrogens with zero attached hydrogens (tertiary/aromatic N) is 2. The van der Waals surface area contributed by atoms with Crippen molar-refractivity contribution in [2.45, 2.75) is 18.6 Å². The molecule has 174 valence electrons. The maximum Gasteiger partial charge on any atom is 0.269 e. The number of aromatic nitrogens is 2. The minimum atomic E-state index is -1.32. The van der Waals surface area contributed by atoms with E-state index in [1.54, 1.807) is 42.5 Å². The molecule has 2 unspecified atom stereocenters. The molecule has 11 heteroatoms. The van der Waals surface area contributed by atoms with Crippen LogP contribution < -0.4 is 25.4 Å². The number of nitrogens with one attached hydrogen (secondary N) is 3. The lowest BCUT2D eigenvalue weighted by Gasteiger charge is -2.25. The molecule has 7 aliphatic rings. The molecule has 0 saturated heterocycles. The molecule has 0 saturated carbocycles. The minimum Gasteiger partial charge on any atom is -0.491 e. The first-order valence-corrected chi connectivity index (χ1v) is 10.5. The molecule has 1 aromatic heterocycles. The smallest absolute Gasteiger partial charge is 0.269 e. The van der Waals surface area contributed by atoms with Crippen LogP contribution in [0.3, 0.4) is 0 Å². The van der Waals surface area contributed by atoms with Crippen molar-refractivity contribution >= 4 is 34.8 Å². The molecule has 0 spiro atoms. The van der Waals surface area contributed by atoms with Gasteiger partial charge in [-0.25, -0.2) is 9.37 Å². The maximum atomic E-state index is 14.4. The Bertz CT molecular complexity index is 1250. The summed E-state index contributed by atoms with van der Waals surface area (Å²) in [7, 11) is 0. The SMILES string of the molecule is O=C1Cc2cc3ccc2OC1C(=O)NCC(O)COc1ccc(cc1)Nc1ncc(F)c(n1)N3. The first kappa shape index (κ1) is 21.6. The van der Waals surface area contributed by atoms with Crippen molar-refractivity contribution in [1.29, 1.82) is 0 Å². The summed E-state index contributed by atoms with van der Waals surface area (Å²) in [5.74, 6) is -0.767. The van der Waals surface area contributed by atoms with Crippen molar-refractivity contribution in [3.05, 3.63) is 60.0 Å². The number of aliphatic hydroxyl groups excluding tert-OH is 1. The Morgan fingerprint density at radius 2 is 1.85 bits per heavy atom. The van der Waals surface area contributed by atoms with Crippen molar-refractivity contribution in [2.75, 3.05) is 23.8 Å². The van der Waals surface area contributed by atoms with Crippen LogP contribution in [-0.4, -0.2) is 52.1 Å². The van der Waals surface area contributed by atoms with Crippen molar-refractivity contribution in [3.8, 4) is 11.5 Å². The van der Waals surface area contributed by atoms with Crippen LogP contribution in [0.5, 0.6) is 11.5 Å². The predicted octanol–water partition coefficient (Wildman–Crippen LogP) is 1.84. The third-order valence-corrected chi connectivity index (χ3v) is 5.27. The van der Waals surface area contributed by atoms with Crippen molar-refractivity contribution in [2.24, 2.45) is 0 Å². The first-order chi connectivity index (χ1) is 16.4. The highest BCUT2D eigenvalue weighted by Gasteiger charge is 2.34. The minimum absolute atomic E-state index is 0.0400. The van der Waals surface area contributed by atoms with Gasteiger partial charge in [-0.05, 0) is 42.5 Å². The van der Waals surface area contributed by atoms with Gasteiger partial charge >= 0.3 is 0 Å². The van der Waals surface area contributed by atoms with Crippen LogP contribution in [0.15, 0.2) is 48.7 Å². The van der Waals surface area contributed by atoms with Crippen LogP contribution in [0.4, 0.5) is 27.5 Å². The number of hydrogen-bond donors (Lipinski definition) is 4. The molecule has 0 aliphatic carbocycles. The fourth-order valence-corrected chi connectivity index (χ4v) is 3.56. The highest BCUT2D eigenvalue weighted by atomic mass is 19.1. The van der Waals surface area contributed by atoms with E-state index in [4.69, 9.17) is 9.47 Å². The third-order valence-electron chi connectivity index (χ3n) is 5.27. The van der Waals surface area contributed by atoms with Gasteiger partial charge in [-0.3, -0.25) is 9.59 Å². The van der Waals surface area contributed by atoms with Gasteiger partial charge in [0.15, 0.2) is 17.4 Å². The average Bonchev–Trinajstić information content (AvgIpc) is 2.83. The molecule has 2 atom stereocenters. The first-order valence-electron chi connectivity index (χ1n) is 10.5. The van der Waals surface area contributed by atoms with Gasteiger partial charge in [0.2, 0.25) is 12.1 Å². The highest BCUT2D eigenvalue weighted by molar-refractivity contribution is 6.06. The van der Waals surface area contributed by atoms with E-state index in [2.05, 4.69) is 25.9 Å². The number of benzene rings is 2. The van der Waals surface area contributed by atoms with Crippen LogP contribution in [-0.2, 0) is 16.0 Å². The number of amides is 1. The van der Waals surface area contributed by atoms with Gasteiger partial charge in [0, 0.05) is 29.9 Å². The fraction of sp³-hybridized carbons (Fsp3) is 0.217. The number of rotatable bonds is 0. The predicted molar refractivity (Wildman–Crippen MR) is 119 cm³/mol. The number of Topliss-reactive ketones (excluding diaryl/α,β-unsaturated/α-hetero) is 1. The van der Waals surface area contributed by atoms with E-state index >= 15 is 0 Å². The Labute approximate surface area is 193 Å². The number of ketones is 1. The number of carbonyl (C=O) groups is 2. The normalized spacial score (nSPS) is 19.8. The van der Waals surface area contributed by atoms with E-state index in [9.17, 15) is 19.1 Å². The summed E-state index contributed by atoms with van der Waals surface area (Å²) in [6, 6.07) is 11.6. The molecule has 4 N–H and O–H groups in total. The van der Waals surface area contributed by atoms with Crippen LogP contribution >= 0.6 is 0 Å². The molecule has 34 heavy (non-hydrogen) atoms.